The van der Waals surface area contributed by atoms with E-state index in [4.69, 9.17) is 0 Å². The second kappa shape index (κ2) is 9.40. The Morgan fingerprint density at radius 1 is 1.25 bits per heavy atom. The molecule has 134 valence electrons. The predicted octanol–water partition coefficient (Wildman–Crippen LogP) is 2.53. The summed E-state index contributed by atoms with van der Waals surface area (Å²) in [6, 6.07) is 10.7. The number of benzene rings is 1. The van der Waals surface area contributed by atoms with Crippen molar-refractivity contribution in [1.82, 2.24) is 15.1 Å². The molecule has 1 saturated heterocycles. The summed E-state index contributed by atoms with van der Waals surface area (Å²) in [4.78, 5) is 17.4. The van der Waals surface area contributed by atoms with Gasteiger partial charge in [0.25, 0.3) is 0 Å². The Bertz CT molecular complexity index is 499. The summed E-state index contributed by atoms with van der Waals surface area (Å²) >= 11 is 0. The van der Waals surface area contributed by atoms with Gasteiger partial charge < -0.3 is 10.2 Å². The highest BCUT2D eigenvalue weighted by Crippen LogP contribution is 2.35. The standard InChI is InChI=1S/C19H29N3O.ClH/c1-16(18-8-9-18)22(14-17-6-3-2-4-7-17)19(23)15-21-12-5-10-20-11-13-21;/h2-4,6-7,16,18,20H,5,8-15H2,1H3;1H. The van der Waals surface area contributed by atoms with E-state index in [0.29, 0.717) is 18.5 Å². The fraction of sp³-hybridized carbons (Fsp3) is 0.632. The van der Waals surface area contributed by atoms with Crippen LogP contribution in [0.1, 0.15) is 31.7 Å². The van der Waals surface area contributed by atoms with Gasteiger partial charge in [-0.2, -0.15) is 0 Å². The zero-order valence-electron chi connectivity index (χ0n) is 14.6. The maximum atomic E-state index is 13.0. The van der Waals surface area contributed by atoms with E-state index in [1.54, 1.807) is 0 Å². The Kier molecular flexibility index (Phi) is 7.53. The van der Waals surface area contributed by atoms with Gasteiger partial charge in [0.1, 0.15) is 0 Å². The summed E-state index contributed by atoms with van der Waals surface area (Å²) < 4.78 is 0. The molecule has 2 fully saturated rings. The van der Waals surface area contributed by atoms with Gasteiger partial charge in [0.05, 0.1) is 6.54 Å². The first-order chi connectivity index (χ1) is 11.2. The molecule has 0 bridgehead atoms. The lowest BCUT2D eigenvalue weighted by Crippen LogP contribution is -2.45. The number of hydrogen-bond acceptors (Lipinski definition) is 3. The molecule has 1 aromatic carbocycles. The number of amides is 1. The Morgan fingerprint density at radius 2 is 2.00 bits per heavy atom. The lowest BCUT2D eigenvalue weighted by molar-refractivity contribution is -0.135. The molecule has 0 aromatic heterocycles. The van der Waals surface area contributed by atoms with Crippen LogP contribution in [0.15, 0.2) is 30.3 Å². The van der Waals surface area contributed by atoms with Crippen LogP contribution in [0.5, 0.6) is 0 Å². The first kappa shape index (κ1) is 19.2. The second-order valence-electron chi connectivity index (χ2n) is 6.96. The van der Waals surface area contributed by atoms with E-state index in [-0.39, 0.29) is 18.3 Å². The van der Waals surface area contributed by atoms with Gasteiger partial charge in [0.15, 0.2) is 0 Å². The van der Waals surface area contributed by atoms with Gasteiger partial charge in [-0.25, -0.2) is 0 Å². The van der Waals surface area contributed by atoms with Gasteiger partial charge >= 0.3 is 0 Å². The average Bonchev–Trinajstić information content (AvgIpc) is 3.40. The van der Waals surface area contributed by atoms with Crippen molar-refractivity contribution < 1.29 is 4.79 Å². The van der Waals surface area contributed by atoms with Crippen molar-refractivity contribution in [3.05, 3.63) is 35.9 Å². The van der Waals surface area contributed by atoms with E-state index in [9.17, 15) is 4.79 Å². The number of rotatable bonds is 6. The molecule has 0 radical (unpaired) electrons. The lowest BCUT2D eigenvalue weighted by Gasteiger charge is -2.32. The topological polar surface area (TPSA) is 35.6 Å². The van der Waals surface area contributed by atoms with Crippen LogP contribution in [0, 0.1) is 5.92 Å². The molecule has 1 saturated carbocycles. The van der Waals surface area contributed by atoms with E-state index >= 15 is 0 Å². The molecule has 1 aliphatic heterocycles. The zero-order chi connectivity index (χ0) is 16.1. The molecule has 1 aliphatic carbocycles. The molecule has 1 atom stereocenters. The van der Waals surface area contributed by atoms with Crippen molar-refractivity contribution in [2.45, 2.75) is 38.8 Å². The van der Waals surface area contributed by atoms with Gasteiger partial charge in [0, 0.05) is 25.7 Å². The van der Waals surface area contributed by atoms with E-state index in [1.165, 1.54) is 18.4 Å². The van der Waals surface area contributed by atoms with Gasteiger partial charge in [-0.1, -0.05) is 30.3 Å². The van der Waals surface area contributed by atoms with Crippen molar-refractivity contribution in [1.29, 1.82) is 0 Å². The van der Waals surface area contributed by atoms with E-state index < -0.39 is 0 Å². The highest BCUT2D eigenvalue weighted by atomic mass is 35.5. The number of nitrogens with zero attached hydrogens (tertiary/aromatic N) is 2. The van der Waals surface area contributed by atoms with Gasteiger partial charge in [0.2, 0.25) is 5.91 Å². The number of carbonyl (C=O) groups excluding carboxylic acids is 1. The number of nitrogens with one attached hydrogen (secondary N) is 1. The SMILES string of the molecule is CC(C1CC1)N(Cc1ccccc1)C(=O)CN1CCCNCC1.Cl. The fourth-order valence-corrected chi connectivity index (χ4v) is 3.41. The normalized spacial score (nSPS) is 19.9. The Morgan fingerprint density at radius 3 is 2.71 bits per heavy atom. The first-order valence-corrected chi connectivity index (χ1v) is 9.00. The predicted molar refractivity (Wildman–Crippen MR) is 100 cm³/mol. The molecule has 0 spiro atoms. The quantitative estimate of drug-likeness (QED) is 0.855. The molecule has 2 aliphatic rings. The average molecular weight is 352 g/mol. The van der Waals surface area contributed by atoms with Gasteiger partial charge in [-0.15, -0.1) is 12.4 Å². The smallest absolute Gasteiger partial charge is 0.237 e. The van der Waals surface area contributed by atoms with Crippen LogP contribution in [0.25, 0.3) is 0 Å². The Hall–Kier alpha value is -1.10. The van der Waals surface area contributed by atoms with Crippen LogP contribution < -0.4 is 5.32 Å². The monoisotopic (exact) mass is 351 g/mol. The summed E-state index contributed by atoms with van der Waals surface area (Å²) in [6.45, 7) is 7.58. The third kappa shape index (κ3) is 5.47. The minimum Gasteiger partial charge on any atom is -0.334 e. The molecule has 1 amide bonds. The zero-order valence-corrected chi connectivity index (χ0v) is 15.4. The number of carbonyl (C=O) groups is 1. The molecule has 1 N–H and O–H groups in total. The summed E-state index contributed by atoms with van der Waals surface area (Å²) in [6.07, 6.45) is 3.67. The first-order valence-electron chi connectivity index (χ1n) is 9.00. The molecule has 3 rings (SSSR count). The molecule has 1 unspecified atom stereocenters. The molecular formula is C19H30ClN3O. The van der Waals surface area contributed by atoms with Crippen molar-refractivity contribution in [2.24, 2.45) is 5.92 Å². The van der Waals surface area contributed by atoms with E-state index in [1.807, 2.05) is 6.07 Å². The molecule has 1 aromatic rings. The third-order valence-electron chi connectivity index (χ3n) is 5.10. The minimum absolute atomic E-state index is 0. The van der Waals surface area contributed by atoms with E-state index in [2.05, 4.69) is 46.3 Å². The van der Waals surface area contributed by atoms with Crippen LogP contribution in [0.3, 0.4) is 0 Å². The van der Waals surface area contributed by atoms with Crippen LogP contribution in [0.4, 0.5) is 0 Å². The summed E-state index contributed by atoms with van der Waals surface area (Å²) in [5, 5.41) is 3.40. The van der Waals surface area contributed by atoms with E-state index in [0.717, 1.165) is 39.1 Å². The van der Waals surface area contributed by atoms with Crippen LogP contribution >= 0.6 is 12.4 Å². The van der Waals surface area contributed by atoms with Crippen molar-refractivity contribution in [3.63, 3.8) is 0 Å². The molecule has 5 heteroatoms. The molecule has 1 heterocycles. The maximum Gasteiger partial charge on any atom is 0.237 e. The van der Waals surface area contributed by atoms with Crippen molar-refractivity contribution in [2.75, 3.05) is 32.7 Å². The lowest BCUT2D eigenvalue weighted by atomic mass is 10.1. The Labute approximate surface area is 152 Å². The number of halogens is 1. The van der Waals surface area contributed by atoms with Gasteiger partial charge in [-0.3, -0.25) is 9.69 Å². The highest BCUT2D eigenvalue weighted by Gasteiger charge is 2.34. The Balaban J connectivity index is 0.00000208. The highest BCUT2D eigenvalue weighted by molar-refractivity contribution is 5.85. The van der Waals surface area contributed by atoms with Gasteiger partial charge in [-0.05, 0) is 50.8 Å². The van der Waals surface area contributed by atoms with Crippen LogP contribution in [0.2, 0.25) is 0 Å². The second-order valence-corrected chi connectivity index (χ2v) is 6.96. The minimum atomic E-state index is 0. The van der Waals surface area contributed by atoms with Crippen molar-refractivity contribution in [3.8, 4) is 0 Å². The fourth-order valence-electron chi connectivity index (χ4n) is 3.41. The summed E-state index contributed by atoms with van der Waals surface area (Å²) in [5.41, 5.74) is 1.23. The molecule has 4 nitrogen and oxygen atoms in total. The summed E-state index contributed by atoms with van der Waals surface area (Å²) in [5.74, 6) is 0.989. The van der Waals surface area contributed by atoms with Crippen LogP contribution in [-0.2, 0) is 11.3 Å². The number of hydrogen-bond donors (Lipinski definition) is 1. The largest absolute Gasteiger partial charge is 0.334 e. The molecule has 24 heavy (non-hydrogen) atoms. The summed E-state index contributed by atoms with van der Waals surface area (Å²) in [7, 11) is 0. The molecular weight excluding hydrogens is 322 g/mol. The van der Waals surface area contributed by atoms with Crippen LogP contribution in [-0.4, -0.2) is 54.5 Å². The third-order valence-corrected chi connectivity index (χ3v) is 5.10. The maximum absolute atomic E-state index is 13.0. The van der Waals surface area contributed by atoms with Crippen molar-refractivity contribution >= 4 is 18.3 Å².